The number of nitrogens with zero attached hydrogens (tertiary/aromatic N) is 2. The van der Waals surface area contributed by atoms with E-state index in [0.717, 1.165) is 29.8 Å². The maximum absolute atomic E-state index is 13.1. The third-order valence-electron chi connectivity index (χ3n) is 5.90. The van der Waals surface area contributed by atoms with Gasteiger partial charge in [0.15, 0.2) is 0 Å². The number of aromatic carboxylic acids is 1. The van der Waals surface area contributed by atoms with E-state index in [0.29, 0.717) is 35.0 Å². The minimum Gasteiger partial charge on any atom is -0.489 e. The van der Waals surface area contributed by atoms with E-state index < -0.39 is 5.97 Å². The summed E-state index contributed by atoms with van der Waals surface area (Å²) in [6, 6.07) is 23.1. The third-order valence-corrected chi connectivity index (χ3v) is 6.23. The number of carbonyl (C=O) groups is 1. The highest BCUT2D eigenvalue weighted by molar-refractivity contribution is 6.33. The lowest BCUT2D eigenvalue weighted by molar-refractivity contribution is 0.0694. The van der Waals surface area contributed by atoms with Gasteiger partial charge in [0.1, 0.15) is 18.2 Å². The minimum atomic E-state index is -0.983. The molecule has 0 aliphatic heterocycles. The summed E-state index contributed by atoms with van der Waals surface area (Å²) in [6.07, 6.45) is 2.60. The second-order valence-corrected chi connectivity index (χ2v) is 8.87. The van der Waals surface area contributed by atoms with Crippen molar-refractivity contribution in [1.29, 1.82) is 0 Å². The minimum absolute atomic E-state index is 0.128. The number of rotatable bonds is 10. The molecule has 3 aromatic carbocycles. The van der Waals surface area contributed by atoms with Crippen LogP contribution in [0.3, 0.4) is 0 Å². The maximum atomic E-state index is 13.1. The Morgan fingerprint density at radius 1 is 1.03 bits per heavy atom. The molecule has 4 aromatic rings. The summed E-state index contributed by atoms with van der Waals surface area (Å²) in [5, 5.41) is 9.90. The molecule has 36 heavy (non-hydrogen) atoms. The molecule has 0 atom stereocenters. The summed E-state index contributed by atoms with van der Waals surface area (Å²) in [5.41, 5.74) is 2.95. The van der Waals surface area contributed by atoms with Gasteiger partial charge in [-0.25, -0.2) is 9.78 Å². The van der Waals surface area contributed by atoms with Gasteiger partial charge in [-0.3, -0.25) is 9.36 Å². The topological polar surface area (TPSA) is 81.4 Å². The number of hydrogen-bond donors (Lipinski definition) is 1. The highest BCUT2D eigenvalue weighted by Gasteiger charge is 2.13. The van der Waals surface area contributed by atoms with Crippen molar-refractivity contribution in [3.8, 4) is 17.0 Å². The van der Waals surface area contributed by atoms with Gasteiger partial charge in [0.05, 0.1) is 17.8 Å². The van der Waals surface area contributed by atoms with Crippen LogP contribution < -0.4 is 10.3 Å². The molecular weight excluding hydrogens is 476 g/mol. The highest BCUT2D eigenvalue weighted by Crippen LogP contribution is 2.25. The van der Waals surface area contributed by atoms with Gasteiger partial charge < -0.3 is 9.84 Å². The molecule has 0 aliphatic rings. The largest absolute Gasteiger partial charge is 0.489 e. The molecule has 1 aromatic heterocycles. The zero-order chi connectivity index (χ0) is 25.5. The van der Waals surface area contributed by atoms with Gasteiger partial charge in [0.25, 0.3) is 5.56 Å². The molecule has 0 radical (unpaired) electrons. The number of hydrogen-bond acceptors (Lipinski definition) is 4. The van der Waals surface area contributed by atoms with Crippen LogP contribution in [0.5, 0.6) is 5.75 Å². The maximum Gasteiger partial charge on any atom is 0.336 e. The smallest absolute Gasteiger partial charge is 0.336 e. The van der Waals surface area contributed by atoms with Gasteiger partial charge in [-0.05, 0) is 36.2 Å². The first-order valence-electron chi connectivity index (χ1n) is 11.8. The van der Waals surface area contributed by atoms with E-state index in [1.807, 2.05) is 42.5 Å². The normalized spacial score (nSPS) is 10.8. The molecule has 0 saturated carbocycles. The van der Waals surface area contributed by atoms with E-state index >= 15 is 0 Å². The zero-order valence-corrected chi connectivity index (χ0v) is 20.7. The Morgan fingerprint density at radius 2 is 1.75 bits per heavy atom. The molecule has 6 nitrogen and oxygen atoms in total. The number of aryl methyl sites for hydroxylation is 1. The lowest BCUT2D eigenvalue weighted by atomic mass is 10.1. The average Bonchev–Trinajstić information content (AvgIpc) is 2.88. The van der Waals surface area contributed by atoms with Crippen LogP contribution >= 0.6 is 11.6 Å². The number of halogens is 1. The molecule has 1 heterocycles. The van der Waals surface area contributed by atoms with Gasteiger partial charge in [0, 0.05) is 28.6 Å². The van der Waals surface area contributed by atoms with Crippen molar-refractivity contribution >= 4 is 17.6 Å². The molecular formula is C29H27ClN2O4. The molecule has 4 rings (SSSR count). The van der Waals surface area contributed by atoms with Gasteiger partial charge in [0.2, 0.25) is 0 Å². The first kappa shape index (κ1) is 25.2. The molecule has 0 aliphatic carbocycles. The summed E-state index contributed by atoms with van der Waals surface area (Å²) in [4.78, 5) is 29.3. The molecule has 0 bridgehead atoms. The summed E-state index contributed by atoms with van der Waals surface area (Å²) in [7, 11) is 0. The fraction of sp³-hybridized carbons (Fsp3) is 0.207. The van der Waals surface area contributed by atoms with Crippen LogP contribution in [0.25, 0.3) is 11.3 Å². The first-order chi connectivity index (χ1) is 17.5. The molecule has 0 saturated heterocycles. The van der Waals surface area contributed by atoms with E-state index in [2.05, 4.69) is 6.92 Å². The van der Waals surface area contributed by atoms with Gasteiger partial charge in [-0.15, -0.1) is 0 Å². The molecule has 7 heteroatoms. The lowest BCUT2D eigenvalue weighted by Gasteiger charge is -2.15. The second kappa shape index (κ2) is 11.7. The molecule has 0 spiro atoms. The molecule has 0 fully saturated rings. The van der Waals surface area contributed by atoms with Crippen LogP contribution in [0.1, 0.15) is 47.1 Å². The Hall–Kier alpha value is -3.90. The van der Waals surface area contributed by atoms with Crippen LogP contribution in [0, 0.1) is 0 Å². The number of carboxylic acids is 1. The number of ether oxygens (including phenoxy) is 1. The van der Waals surface area contributed by atoms with Crippen LogP contribution in [0.4, 0.5) is 0 Å². The second-order valence-electron chi connectivity index (χ2n) is 8.46. The Morgan fingerprint density at radius 3 is 2.47 bits per heavy atom. The van der Waals surface area contributed by atoms with Gasteiger partial charge in [-0.2, -0.15) is 0 Å². The Kier molecular flexibility index (Phi) is 8.18. The molecule has 184 valence electrons. The van der Waals surface area contributed by atoms with Crippen molar-refractivity contribution in [2.24, 2.45) is 0 Å². The quantitative estimate of drug-likeness (QED) is 0.278. The van der Waals surface area contributed by atoms with E-state index in [4.69, 9.17) is 21.3 Å². The molecule has 0 amide bonds. The van der Waals surface area contributed by atoms with Gasteiger partial charge >= 0.3 is 5.97 Å². The third kappa shape index (κ3) is 6.01. The Balaban J connectivity index is 1.54. The summed E-state index contributed by atoms with van der Waals surface area (Å²) < 4.78 is 7.51. The SMILES string of the molecule is CCCCc1nc(-c2ccccc2Cl)cc(=O)n1Cc1ccc(OCc2ccccc2C(=O)O)cc1. The van der Waals surface area contributed by atoms with Crippen LogP contribution in [-0.2, 0) is 19.6 Å². The lowest BCUT2D eigenvalue weighted by Crippen LogP contribution is -2.25. The van der Waals surface area contributed by atoms with Crippen molar-refractivity contribution in [3.05, 3.63) is 117 Å². The molecule has 0 unspecified atom stereocenters. The predicted octanol–water partition coefficient (Wildman–Crippen LogP) is 6.23. The van der Waals surface area contributed by atoms with E-state index in [1.54, 1.807) is 34.9 Å². The zero-order valence-electron chi connectivity index (χ0n) is 20.0. The standard InChI is InChI=1S/C29H27ClN2O4/c1-2-3-12-27-31-26(24-10-6-7-11-25(24)30)17-28(33)32(27)18-20-13-15-22(16-14-20)36-19-21-8-4-5-9-23(21)29(34)35/h4-11,13-17H,2-3,12,18-19H2,1H3,(H,34,35). The van der Waals surface area contributed by atoms with Crippen LogP contribution in [-0.4, -0.2) is 20.6 Å². The van der Waals surface area contributed by atoms with Crippen molar-refractivity contribution in [2.45, 2.75) is 39.3 Å². The van der Waals surface area contributed by atoms with Gasteiger partial charge in [-0.1, -0.05) is 73.5 Å². The predicted molar refractivity (Wildman–Crippen MR) is 141 cm³/mol. The van der Waals surface area contributed by atoms with Crippen molar-refractivity contribution < 1.29 is 14.6 Å². The Bertz CT molecular complexity index is 1410. The van der Waals surface area contributed by atoms with E-state index in [9.17, 15) is 14.7 Å². The van der Waals surface area contributed by atoms with E-state index in [1.165, 1.54) is 6.07 Å². The van der Waals surface area contributed by atoms with E-state index in [-0.39, 0.29) is 17.7 Å². The number of benzene rings is 3. The van der Waals surface area contributed by atoms with Crippen molar-refractivity contribution in [2.75, 3.05) is 0 Å². The fourth-order valence-electron chi connectivity index (χ4n) is 3.95. The summed E-state index contributed by atoms with van der Waals surface area (Å²) in [5.74, 6) is 0.359. The monoisotopic (exact) mass is 502 g/mol. The molecule has 1 N–H and O–H groups in total. The average molecular weight is 503 g/mol. The number of unbranched alkanes of at least 4 members (excludes halogenated alkanes) is 1. The Labute approximate surface area is 214 Å². The summed E-state index contributed by atoms with van der Waals surface area (Å²) >= 11 is 6.35. The fourth-order valence-corrected chi connectivity index (χ4v) is 4.18. The van der Waals surface area contributed by atoms with Crippen molar-refractivity contribution in [1.82, 2.24) is 9.55 Å². The number of aromatic nitrogens is 2. The van der Waals surface area contributed by atoms with Crippen LogP contribution in [0.2, 0.25) is 5.02 Å². The summed E-state index contributed by atoms with van der Waals surface area (Å²) in [6.45, 7) is 2.64. The number of carboxylic acid groups (broad SMARTS) is 1. The first-order valence-corrected chi connectivity index (χ1v) is 12.2. The van der Waals surface area contributed by atoms with Crippen molar-refractivity contribution in [3.63, 3.8) is 0 Å². The highest BCUT2D eigenvalue weighted by atomic mass is 35.5. The van der Waals surface area contributed by atoms with Crippen LogP contribution in [0.15, 0.2) is 83.7 Å².